The molecule has 6 rings (SSSR count). The summed E-state index contributed by atoms with van der Waals surface area (Å²) < 4.78 is 52.4. The molecule has 0 bridgehead atoms. The van der Waals surface area contributed by atoms with Gasteiger partial charge in [-0.2, -0.15) is 0 Å². The third kappa shape index (κ3) is 26.3. The summed E-state index contributed by atoms with van der Waals surface area (Å²) in [6.45, 7) is 6.53. The fourth-order valence-electron chi connectivity index (χ4n) is 11.2. The highest BCUT2D eigenvalue weighted by atomic mass is 16.6. The van der Waals surface area contributed by atoms with Gasteiger partial charge in [0, 0.05) is 38.5 Å². The topological polar surface area (TPSA) is 154 Å². The van der Waals surface area contributed by atoms with Crippen molar-refractivity contribution in [2.24, 2.45) is 0 Å². The maximum atomic E-state index is 13.0. The van der Waals surface area contributed by atoms with Crippen LogP contribution in [0.15, 0.2) is 0 Å². The number of rotatable bonds is 50. The minimum Gasteiger partial charge on any atom is -0.462 e. The zero-order valence-electron chi connectivity index (χ0n) is 45.9. The van der Waals surface area contributed by atoms with Gasteiger partial charge in [0.2, 0.25) is 0 Å². The Balaban J connectivity index is 0.761. The number of esters is 3. The summed E-state index contributed by atoms with van der Waals surface area (Å²) in [4.78, 5) is 38.5. The van der Waals surface area contributed by atoms with Crippen molar-refractivity contribution >= 4 is 17.9 Å². The van der Waals surface area contributed by atoms with Crippen LogP contribution in [0.5, 0.6) is 0 Å². The maximum absolute atomic E-state index is 13.0. The monoisotopic (exact) mass is 1020 g/mol. The van der Waals surface area contributed by atoms with Crippen LogP contribution in [0.4, 0.5) is 0 Å². The fraction of sp³-hybridized carbons (Fsp3) is 0.950. The second-order valence-corrected chi connectivity index (χ2v) is 22.9. The highest BCUT2D eigenvalue weighted by Gasteiger charge is 2.52. The van der Waals surface area contributed by atoms with E-state index in [-0.39, 0.29) is 37.5 Å². The van der Waals surface area contributed by atoms with Gasteiger partial charge in [0.25, 0.3) is 0 Å². The molecule has 13 unspecified atom stereocenters. The summed E-state index contributed by atoms with van der Waals surface area (Å²) in [5, 5.41) is 0. The van der Waals surface area contributed by atoms with Gasteiger partial charge in [-0.3, -0.25) is 14.4 Å². The zero-order valence-corrected chi connectivity index (χ0v) is 45.9. The molecule has 13 atom stereocenters. The summed E-state index contributed by atoms with van der Waals surface area (Å²) in [5.74, 6) is -0.958. The van der Waals surface area contributed by atoms with Gasteiger partial charge < -0.3 is 42.6 Å². The molecule has 6 heterocycles. The molecule has 72 heavy (non-hydrogen) atoms. The van der Waals surface area contributed by atoms with Gasteiger partial charge in [-0.15, -0.1) is 0 Å². The van der Waals surface area contributed by atoms with E-state index in [0.717, 1.165) is 128 Å². The van der Waals surface area contributed by atoms with Crippen LogP contribution in [0.25, 0.3) is 0 Å². The number of hydrogen-bond donors (Lipinski definition) is 0. The van der Waals surface area contributed by atoms with E-state index >= 15 is 0 Å². The van der Waals surface area contributed by atoms with Crippen LogP contribution in [-0.4, -0.2) is 110 Å². The molecule has 6 saturated heterocycles. The first-order chi connectivity index (χ1) is 35.3. The molecule has 12 heteroatoms. The molecule has 0 aromatic carbocycles. The van der Waals surface area contributed by atoms with Crippen molar-refractivity contribution in [3.8, 4) is 0 Å². The van der Waals surface area contributed by atoms with Crippen LogP contribution in [0.3, 0.4) is 0 Å². The van der Waals surface area contributed by atoms with Crippen molar-refractivity contribution in [2.45, 2.75) is 351 Å². The van der Waals surface area contributed by atoms with Crippen molar-refractivity contribution < 1.29 is 57.0 Å². The molecule has 0 spiro atoms. The standard InChI is InChI=1S/C60H104O12/c1-4-7-10-11-15-24-33-46-47(67-46)34-25-16-12-19-28-37-58(61)64-43-45(44-65-59(62)38-29-20-13-17-26-35-50-53(70-50)40-52-48(68-52)31-22-8-5-2)66-60(63)39-30-21-14-18-27-36-51-55(71-51)42-57-56(72-57)41-54-49(69-54)32-23-9-6-3/h45-57H,4-44H2,1-3H3. The summed E-state index contributed by atoms with van der Waals surface area (Å²) in [6, 6.07) is 0. The largest absolute Gasteiger partial charge is 0.462 e. The Morgan fingerprint density at radius 2 is 0.542 bits per heavy atom. The van der Waals surface area contributed by atoms with E-state index in [1.807, 2.05) is 0 Å². The highest BCUT2D eigenvalue weighted by molar-refractivity contribution is 5.71. The Bertz CT molecular complexity index is 1480. The third-order valence-electron chi connectivity index (χ3n) is 16.3. The van der Waals surface area contributed by atoms with Crippen molar-refractivity contribution in [1.29, 1.82) is 0 Å². The van der Waals surface area contributed by atoms with Crippen molar-refractivity contribution in [3.63, 3.8) is 0 Å². The molecule has 0 amide bonds. The first kappa shape index (κ1) is 59.4. The van der Waals surface area contributed by atoms with E-state index in [1.54, 1.807) is 0 Å². The van der Waals surface area contributed by atoms with Gasteiger partial charge in [0.05, 0.1) is 73.2 Å². The molecule has 0 N–H and O–H groups in total. The SMILES string of the molecule is CCCCCCCCC1OC1CCCCCCCC(=O)OCC(COC(=O)CCCCCCCC1OC1CC1OC1CCCCC)OC(=O)CCCCCCCC1OC1CC1OC1CC1OC1CCCCC. The van der Waals surface area contributed by atoms with E-state index in [0.29, 0.717) is 86.1 Å². The smallest absolute Gasteiger partial charge is 0.306 e. The Hall–Kier alpha value is -1.83. The first-order valence-electron chi connectivity index (χ1n) is 30.8. The number of carbonyl (C=O) groups is 3. The minimum atomic E-state index is -0.816. The van der Waals surface area contributed by atoms with Crippen molar-refractivity contribution in [3.05, 3.63) is 0 Å². The lowest BCUT2D eigenvalue weighted by atomic mass is 10.0. The Kier molecular flexibility index (Phi) is 28.7. The minimum absolute atomic E-state index is 0.107. The second kappa shape index (κ2) is 34.8. The van der Waals surface area contributed by atoms with Gasteiger partial charge >= 0.3 is 17.9 Å². The van der Waals surface area contributed by atoms with E-state index in [2.05, 4.69) is 20.8 Å². The summed E-state index contributed by atoms with van der Waals surface area (Å²) in [5.41, 5.74) is 0. The van der Waals surface area contributed by atoms with Crippen LogP contribution in [0.2, 0.25) is 0 Å². The molecule has 416 valence electrons. The number of carbonyl (C=O) groups excluding carboxylic acids is 3. The molecule has 0 radical (unpaired) electrons. The number of unbranched alkanes of at least 4 members (excludes halogenated alkanes) is 21. The van der Waals surface area contributed by atoms with E-state index in [4.69, 9.17) is 42.6 Å². The molecule has 6 aliphatic rings. The van der Waals surface area contributed by atoms with Crippen LogP contribution >= 0.6 is 0 Å². The van der Waals surface area contributed by atoms with Crippen LogP contribution in [-0.2, 0) is 57.0 Å². The van der Waals surface area contributed by atoms with Crippen molar-refractivity contribution in [2.75, 3.05) is 13.2 Å². The van der Waals surface area contributed by atoms with E-state index in [1.165, 1.54) is 103 Å². The lowest BCUT2D eigenvalue weighted by Crippen LogP contribution is -2.30. The normalized spacial score (nSPS) is 28.9. The molecular formula is C60H104O12. The van der Waals surface area contributed by atoms with Gasteiger partial charge in [-0.25, -0.2) is 0 Å². The lowest BCUT2D eigenvalue weighted by molar-refractivity contribution is -0.167. The fourth-order valence-corrected chi connectivity index (χ4v) is 11.2. The number of ether oxygens (including phenoxy) is 9. The lowest BCUT2D eigenvalue weighted by Gasteiger charge is -2.18. The molecule has 12 nitrogen and oxygen atoms in total. The molecule has 0 aromatic rings. The number of epoxide rings is 6. The van der Waals surface area contributed by atoms with E-state index in [9.17, 15) is 14.4 Å². The molecule has 6 fully saturated rings. The average Bonchev–Trinajstić information content (AvgIpc) is 4.10. The molecule has 0 aromatic heterocycles. The van der Waals surface area contributed by atoms with Crippen LogP contribution in [0.1, 0.15) is 271 Å². The zero-order chi connectivity index (χ0) is 50.6. The molecular weight excluding hydrogens is 913 g/mol. The predicted octanol–water partition coefficient (Wildman–Crippen LogP) is 13.9. The van der Waals surface area contributed by atoms with Crippen LogP contribution in [0, 0.1) is 0 Å². The third-order valence-corrected chi connectivity index (χ3v) is 16.3. The van der Waals surface area contributed by atoms with Gasteiger partial charge in [0.15, 0.2) is 6.10 Å². The Morgan fingerprint density at radius 1 is 0.306 bits per heavy atom. The van der Waals surface area contributed by atoms with Gasteiger partial charge in [-0.1, -0.05) is 175 Å². The highest BCUT2D eigenvalue weighted by Crippen LogP contribution is 2.43. The van der Waals surface area contributed by atoms with Gasteiger partial charge in [0.1, 0.15) is 13.2 Å². The maximum Gasteiger partial charge on any atom is 0.306 e. The van der Waals surface area contributed by atoms with Gasteiger partial charge in [-0.05, 0) is 57.8 Å². The quantitative estimate of drug-likeness (QED) is 0.0246. The van der Waals surface area contributed by atoms with Crippen molar-refractivity contribution in [1.82, 2.24) is 0 Å². The Labute approximate surface area is 437 Å². The van der Waals surface area contributed by atoms with E-state index < -0.39 is 6.10 Å². The number of hydrogen-bond acceptors (Lipinski definition) is 12. The predicted molar refractivity (Wildman–Crippen MR) is 281 cm³/mol. The molecule has 0 aliphatic carbocycles. The van der Waals surface area contributed by atoms with Crippen LogP contribution < -0.4 is 0 Å². The summed E-state index contributed by atoms with van der Waals surface area (Å²) >= 11 is 0. The summed E-state index contributed by atoms with van der Waals surface area (Å²) in [6.07, 6.45) is 45.8. The molecule has 0 saturated carbocycles. The Morgan fingerprint density at radius 3 is 0.903 bits per heavy atom. The average molecular weight is 1020 g/mol. The first-order valence-corrected chi connectivity index (χ1v) is 30.8. The molecule has 6 aliphatic heterocycles. The summed E-state index contributed by atoms with van der Waals surface area (Å²) in [7, 11) is 0. The second-order valence-electron chi connectivity index (χ2n) is 22.9.